The Balaban J connectivity index is 1.90. The number of nitrogens with one attached hydrogen (secondary N) is 1. The summed E-state index contributed by atoms with van der Waals surface area (Å²) in [5.74, 6) is -0.234. The maximum atomic E-state index is 14.2. The van der Waals surface area contributed by atoms with Crippen molar-refractivity contribution in [2.75, 3.05) is 17.7 Å². The molecule has 120 valence electrons. The summed E-state index contributed by atoms with van der Waals surface area (Å²) >= 11 is 3.31. The van der Waals surface area contributed by atoms with Crippen LogP contribution in [0.5, 0.6) is 0 Å². The second-order valence-electron chi connectivity index (χ2n) is 5.53. The fourth-order valence-corrected chi connectivity index (χ4v) is 2.51. The van der Waals surface area contributed by atoms with E-state index in [1.165, 1.54) is 18.2 Å². The summed E-state index contributed by atoms with van der Waals surface area (Å²) in [7, 11) is 1.71. The summed E-state index contributed by atoms with van der Waals surface area (Å²) in [6.07, 6.45) is 3.56. The van der Waals surface area contributed by atoms with E-state index in [9.17, 15) is 9.18 Å². The zero-order valence-electron chi connectivity index (χ0n) is 12.5. The molecule has 3 N–H and O–H groups in total. The number of nitrogen functional groups attached to an aromatic ring is 1. The average Bonchev–Trinajstić information content (AvgIpc) is 3.33. The Labute approximate surface area is 141 Å². The first kappa shape index (κ1) is 15.7. The van der Waals surface area contributed by atoms with Crippen molar-refractivity contribution < 1.29 is 9.18 Å². The van der Waals surface area contributed by atoms with Gasteiger partial charge in [0.25, 0.3) is 5.91 Å². The molecule has 0 atom stereocenters. The van der Waals surface area contributed by atoms with E-state index >= 15 is 0 Å². The Morgan fingerprint density at radius 1 is 1.43 bits per heavy atom. The molecule has 1 aliphatic rings. The standard InChI is InChI=1S/C16H16BrFN4O/c1-22(11-7-12(17)15(19)20-8-11)14-6-9(2-5-13(14)18)16(23)21-10-3-4-10/h2,5-8,10H,3-4H2,1H3,(H2,19,20)(H,21,23). The topological polar surface area (TPSA) is 71.2 Å². The number of rotatable bonds is 4. The number of halogens is 2. The van der Waals surface area contributed by atoms with Crippen LogP contribution < -0.4 is 16.0 Å². The third-order valence-corrected chi connectivity index (χ3v) is 4.36. The fraction of sp³-hybridized carbons (Fsp3) is 0.250. The highest BCUT2D eigenvalue weighted by Crippen LogP contribution is 2.30. The number of hydrogen-bond acceptors (Lipinski definition) is 4. The van der Waals surface area contributed by atoms with Gasteiger partial charge in [0.15, 0.2) is 0 Å². The molecule has 0 unspecified atom stereocenters. The molecule has 0 radical (unpaired) electrons. The van der Waals surface area contributed by atoms with E-state index in [0.29, 0.717) is 27.2 Å². The molecule has 1 fully saturated rings. The lowest BCUT2D eigenvalue weighted by molar-refractivity contribution is 0.0951. The molecule has 0 saturated heterocycles. The number of benzene rings is 1. The normalized spacial score (nSPS) is 13.7. The summed E-state index contributed by atoms with van der Waals surface area (Å²) < 4.78 is 14.8. The van der Waals surface area contributed by atoms with Gasteiger partial charge in [-0.3, -0.25) is 4.79 Å². The molecule has 1 heterocycles. The van der Waals surface area contributed by atoms with Gasteiger partial charge in [0, 0.05) is 18.7 Å². The summed E-state index contributed by atoms with van der Waals surface area (Å²) in [5.41, 5.74) is 7.06. The van der Waals surface area contributed by atoms with Gasteiger partial charge in [0.1, 0.15) is 11.6 Å². The Hall–Kier alpha value is -2.15. The summed E-state index contributed by atoms with van der Waals surface area (Å²) in [6.45, 7) is 0. The van der Waals surface area contributed by atoms with Crippen LogP contribution in [0.1, 0.15) is 23.2 Å². The number of anilines is 3. The van der Waals surface area contributed by atoms with Gasteiger partial charge in [-0.05, 0) is 53.0 Å². The molecule has 23 heavy (non-hydrogen) atoms. The highest BCUT2D eigenvalue weighted by atomic mass is 79.9. The van der Waals surface area contributed by atoms with E-state index in [1.54, 1.807) is 24.2 Å². The first-order chi connectivity index (χ1) is 11.0. The molecule has 1 amide bonds. The van der Waals surface area contributed by atoms with Crippen molar-refractivity contribution in [3.05, 3.63) is 46.3 Å². The number of carbonyl (C=O) groups excluding carboxylic acids is 1. The molecule has 0 bridgehead atoms. The van der Waals surface area contributed by atoms with Crippen LogP contribution in [0.15, 0.2) is 34.9 Å². The molecule has 0 aliphatic heterocycles. The van der Waals surface area contributed by atoms with Gasteiger partial charge in [-0.15, -0.1) is 0 Å². The van der Waals surface area contributed by atoms with Crippen molar-refractivity contribution in [3.63, 3.8) is 0 Å². The van der Waals surface area contributed by atoms with Gasteiger partial charge in [-0.2, -0.15) is 0 Å². The second-order valence-corrected chi connectivity index (χ2v) is 6.39. The highest BCUT2D eigenvalue weighted by Gasteiger charge is 2.24. The van der Waals surface area contributed by atoms with Crippen LogP contribution in [0.25, 0.3) is 0 Å². The van der Waals surface area contributed by atoms with E-state index in [0.717, 1.165) is 12.8 Å². The molecule has 3 rings (SSSR count). The van der Waals surface area contributed by atoms with Crippen LogP contribution in [-0.2, 0) is 0 Å². The number of nitrogens with zero attached hydrogens (tertiary/aromatic N) is 2. The minimum atomic E-state index is -0.414. The minimum absolute atomic E-state index is 0.182. The van der Waals surface area contributed by atoms with Crippen LogP contribution in [0.2, 0.25) is 0 Å². The van der Waals surface area contributed by atoms with E-state index in [1.807, 2.05) is 0 Å². The lowest BCUT2D eigenvalue weighted by Crippen LogP contribution is -2.25. The molecule has 0 spiro atoms. The molecule has 2 aromatic rings. The summed E-state index contributed by atoms with van der Waals surface area (Å²) in [5, 5.41) is 2.90. The van der Waals surface area contributed by atoms with Crippen molar-refractivity contribution in [1.82, 2.24) is 10.3 Å². The van der Waals surface area contributed by atoms with Crippen LogP contribution >= 0.6 is 15.9 Å². The van der Waals surface area contributed by atoms with Crippen molar-refractivity contribution in [1.29, 1.82) is 0 Å². The van der Waals surface area contributed by atoms with Crippen LogP contribution in [0, 0.1) is 5.82 Å². The summed E-state index contributed by atoms with van der Waals surface area (Å²) in [6, 6.07) is 6.33. The van der Waals surface area contributed by atoms with Gasteiger partial charge in [0.2, 0.25) is 0 Å². The first-order valence-electron chi connectivity index (χ1n) is 7.21. The summed E-state index contributed by atoms with van der Waals surface area (Å²) in [4.78, 5) is 17.8. The van der Waals surface area contributed by atoms with Crippen LogP contribution in [0.4, 0.5) is 21.6 Å². The van der Waals surface area contributed by atoms with Crippen LogP contribution in [-0.4, -0.2) is 24.0 Å². The SMILES string of the molecule is CN(c1cnc(N)c(Br)c1)c1cc(C(=O)NC2CC2)ccc1F. The van der Waals surface area contributed by atoms with E-state index < -0.39 is 5.82 Å². The van der Waals surface area contributed by atoms with Crippen molar-refractivity contribution in [3.8, 4) is 0 Å². The predicted molar refractivity (Wildman–Crippen MR) is 91.3 cm³/mol. The van der Waals surface area contributed by atoms with Gasteiger partial charge in [0.05, 0.1) is 22.0 Å². The first-order valence-corrected chi connectivity index (χ1v) is 8.00. The number of carbonyl (C=O) groups is 1. The highest BCUT2D eigenvalue weighted by molar-refractivity contribution is 9.10. The zero-order chi connectivity index (χ0) is 16.6. The van der Waals surface area contributed by atoms with Crippen molar-refractivity contribution >= 4 is 39.0 Å². The Kier molecular flexibility index (Phi) is 4.21. The maximum Gasteiger partial charge on any atom is 0.251 e. The minimum Gasteiger partial charge on any atom is -0.383 e. The monoisotopic (exact) mass is 378 g/mol. The zero-order valence-corrected chi connectivity index (χ0v) is 14.1. The molecular weight excluding hydrogens is 363 g/mol. The molecule has 5 nitrogen and oxygen atoms in total. The molecule has 7 heteroatoms. The molecule has 1 aliphatic carbocycles. The third-order valence-electron chi connectivity index (χ3n) is 3.72. The fourth-order valence-electron chi connectivity index (χ4n) is 2.17. The quantitative estimate of drug-likeness (QED) is 0.856. The Bertz CT molecular complexity index is 764. The Morgan fingerprint density at radius 2 is 2.17 bits per heavy atom. The predicted octanol–water partition coefficient (Wildman–Crippen LogP) is 3.23. The van der Waals surface area contributed by atoms with E-state index in [-0.39, 0.29) is 11.9 Å². The molecule has 1 aromatic carbocycles. The van der Waals surface area contributed by atoms with Crippen molar-refractivity contribution in [2.24, 2.45) is 0 Å². The van der Waals surface area contributed by atoms with E-state index in [2.05, 4.69) is 26.2 Å². The van der Waals surface area contributed by atoms with Gasteiger partial charge >= 0.3 is 0 Å². The number of aromatic nitrogens is 1. The Morgan fingerprint density at radius 3 is 2.83 bits per heavy atom. The molecular formula is C16H16BrFN4O. The second kappa shape index (κ2) is 6.16. The average molecular weight is 379 g/mol. The van der Waals surface area contributed by atoms with Crippen molar-refractivity contribution in [2.45, 2.75) is 18.9 Å². The number of amides is 1. The van der Waals surface area contributed by atoms with Gasteiger partial charge in [-0.25, -0.2) is 9.37 Å². The molecule has 1 saturated carbocycles. The maximum absolute atomic E-state index is 14.2. The van der Waals surface area contributed by atoms with E-state index in [4.69, 9.17) is 5.73 Å². The van der Waals surface area contributed by atoms with Gasteiger partial charge < -0.3 is 16.0 Å². The molecule has 1 aromatic heterocycles. The van der Waals surface area contributed by atoms with Gasteiger partial charge in [-0.1, -0.05) is 0 Å². The number of hydrogen-bond donors (Lipinski definition) is 2. The third kappa shape index (κ3) is 3.44. The number of nitrogens with two attached hydrogens (primary N) is 1. The number of pyridine rings is 1. The lowest BCUT2D eigenvalue weighted by Gasteiger charge is -2.21. The largest absolute Gasteiger partial charge is 0.383 e. The lowest BCUT2D eigenvalue weighted by atomic mass is 10.1. The smallest absolute Gasteiger partial charge is 0.251 e. The van der Waals surface area contributed by atoms with Crippen LogP contribution in [0.3, 0.4) is 0 Å².